The first-order chi connectivity index (χ1) is 5.47. The van der Waals surface area contributed by atoms with Crippen LogP contribution in [0.5, 0.6) is 0 Å². The quantitative estimate of drug-likeness (QED) is 0.646. The van der Waals surface area contributed by atoms with Gasteiger partial charge in [0, 0.05) is 18.1 Å². The summed E-state index contributed by atoms with van der Waals surface area (Å²) in [7, 11) is 0. The van der Waals surface area contributed by atoms with Crippen molar-refractivity contribution in [2.24, 2.45) is 17.1 Å². The minimum Gasteiger partial charge on any atom is -0.378 e. The monoisotopic (exact) mass is 169 g/mol. The molecule has 3 unspecified atom stereocenters. The van der Waals surface area contributed by atoms with Crippen molar-refractivity contribution in [3.05, 3.63) is 0 Å². The Morgan fingerprint density at radius 1 is 1.42 bits per heavy atom. The van der Waals surface area contributed by atoms with E-state index in [1.165, 1.54) is 6.42 Å². The van der Waals surface area contributed by atoms with Crippen LogP contribution >= 0.6 is 0 Å². The maximum atomic E-state index is 6.34. The Labute approximate surface area is 74.5 Å². The van der Waals surface area contributed by atoms with Gasteiger partial charge in [-0.1, -0.05) is 13.8 Å². The third kappa shape index (κ3) is 0.944. The molecule has 2 heteroatoms. The lowest BCUT2D eigenvalue weighted by atomic mass is 9.86. The maximum absolute atomic E-state index is 6.34. The van der Waals surface area contributed by atoms with Gasteiger partial charge in [-0.2, -0.15) is 0 Å². The van der Waals surface area contributed by atoms with Gasteiger partial charge in [-0.15, -0.1) is 0 Å². The molecule has 0 spiro atoms. The zero-order chi connectivity index (χ0) is 8.98. The van der Waals surface area contributed by atoms with E-state index in [4.69, 9.17) is 10.5 Å². The normalized spacial score (nSPS) is 51.0. The van der Waals surface area contributed by atoms with Crippen LogP contribution in [0.3, 0.4) is 0 Å². The average Bonchev–Trinajstić information content (AvgIpc) is 2.36. The fraction of sp³-hybridized carbons (Fsp3) is 1.00. The minimum atomic E-state index is 0.0723. The van der Waals surface area contributed by atoms with Gasteiger partial charge in [0.05, 0.1) is 6.10 Å². The molecule has 0 aromatic rings. The first-order valence-electron chi connectivity index (χ1n) is 4.88. The Kier molecular flexibility index (Phi) is 1.59. The van der Waals surface area contributed by atoms with Gasteiger partial charge in [0.15, 0.2) is 0 Å². The molecule has 2 aliphatic rings. The second-order valence-electron chi connectivity index (χ2n) is 5.07. The summed E-state index contributed by atoms with van der Waals surface area (Å²) >= 11 is 0. The lowest BCUT2D eigenvalue weighted by Crippen LogP contribution is -2.40. The van der Waals surface area contributed by atoms with E-state index >= 15 is 0 Å². The van der Waals surface area contributed by atoms with Crippen molar-refractivity contribution in [2.45, 2.75) is 45.3 Å². The SMILES string of the molecule is CC1OCCC1C1(N)CC1(C)C. The number of hydrogen-bond donors (Lipinski definition) is 1. The van der Waals surface area contributed by atoms with Gasteiger partial charge in [0.2, 0.25) is 0 Å². The van der Waals surface area contributed by atoms with Crippen LogP contribution in [0.1, 0.15) is 33.6 Å². The topological polar surface area (TPSA) is 35.2 Å². The van der Waals surface area contributed by atoms with Gasteiger partial charge in [-0.25, -0.2) is 0 Å². The van der Waals surface area contributed by atoms with Gasteiger partial charge in [0.25, 0.3) is 0 Å². The molecule has 0 amide bonds. The largest absolute Gasteiger partial charge is 0.378 e. The molecule has 12 heavy (non-hydrogen) atoms. The second-order valence-corrected chi connectivity index (χ2v) is 5.07. The molecule has 3 atom stereocenters. The van der Waals surface area contributed by atoms with Crippen LogP contribution in [-0.2, 0) is 4.74 Å². The molecule has 0 aromatic carbocycles. The van der Waals surface area contributed by atoms with E-state index in [2.05, 4.69) is 20.8 Å². The first-order valence-corrected chi connectivity index (χ1v) is 4.88. The molecule has 1 saturated heterocycles. The average molecular weight is 169 g/mol. The smallest absolute Gasteiger partial charge is 0.0593 e. The summed E-state index contributed by atoms with van der Waals surface area (Å²) in [5, 5.41) is 0. The van der Waals surface area contributed by atoms with Crippen LogP contribution < -0.4 is 5.73 Å². The molecule has 1 aliphatic carbocycles. The highest BCUT2D eigenvalue weighted by atomic mass is 16.5. The van der Waals surface area contributed by atoms with Crippen molar-refractivity contribution >= 4 is 0 Å². The Hall–Kier alpha value is -0.0800. The summed E-state index contributed by atoms with van der Waals surface area (Å²) in [4.78, 5) is 0. The first kappa shape index (κ1) is 8.52. The van der Waals surface area contributed by atoms with E-state index in [1.54, 1.807) is 0 Å². The summed E-state index contributed by atoms with van der Waals surface area (Å²) in [6.45, 7) is 7.58. The molecular weight excluding hydrogens is 150 g/mol. The van der Waals surface area contributed by atoms with Crippen molar-refractivity contribution < 1.29 is 4.74 Å². The molecule has 2 rings (SSSR count). The van der Waals surface area contributed by atoms with Crippen LogP contribution in [0, 0.1) is 11.3 Å². The third-order valence-corrected chi connectivity index (χ3v) is 3.91. The van der Waals surface area contributed by atoms with E-state index in [0.29, 0.717) is 17.4 Å². The highest BCUT2D eigenvalue weighted by molar-refractivity contribution is 5.19. The Balaban J connectivity index is 2.11. The molecule has 70 valence electrons. The zero-order valence-electron chi connectivity index (χ0n) is 8.26. The van der Waals surface area contributed by atoms with E-state index in [1.807, 2.05) is 0 Å². The summed E-state index contributed by atoms with van der Waals surface area (Å²) in [6.07, 6.45) is 2.69. The lowest BCUT2D eigenvalue weighted by molar-refractivity contribution is 0.0926. The summed E-state index contributed by atoms with van der Waals surface area (Å²) < 4.78 is 5.55. The third-order valence-electron chi connectivity index (χ3n) is 3.91. The number of rotatable bonds is 1. The van der Waals surface area contributed by atoms with E-state index in [0.717, 1.165) is 13.0 Å². The van der Waals surface area contributed by atoms with Gasteiger partial charge in [0.1, 0.15) is 0 Å². The predicted molar refractivity (Wildman–Crippen MR) is 48.8 cm³/mol. The van der Waals surface area contributed by atoms with Gasteiger partial charge in [-0.05, 0) is 25.2 Å². The molecule has 1 saturated carbocycles. The van der Waals surface area contributed by atoms with E-state index in [9.17, 15) is 0 Å². The van der Waals surface area contributed by atoms with Crippen LogP contribution in [-0.4, -0.2) is 18.2 Å². The summed E-state index contributed by atoms with van der Waals surface area (Å²) in [5.74, 6) is 0.590. The van der Waals surface area contributed by atoms with Crippen LogP contribution in [0.4, 0.5) is 0 Å². The van der Waals surface area contributed by atoms with Crippen LogP contribution in [0.2, 0.25) is 0 Å². The lowest BCUT2D eigenvalue weighted by Gasteiger charge is -2.25. The Bertz CT molecular complexity index is 202. The number of nitrogens with two attached hydrogens (primary N) is 1. The van der Waals surface area contributed by atoms with Crippen molar-refractivity contribution in [1.29, 1.82) is 0 Å². The van der Waals surface area contributed by atoms with Crippen molar-refractivity contribution in [1.82, 2.24) is 0 Å². The van der Waals surface area contributed by atoms with Crippen molar-refractivity contribution in [3.63, 3.8) is 0 Å². The van der Waals surface area contributed by atoms with E-state index in [-0.39, 0.29) is 5.54 Å². The molecule has 0 bridgehead atoms. The molecule has 1 heterocycles. The Morgan fingerprint density at radius 3 is 2.33 bits per heavy atom. The zero-order valence-corrected chi connectivity index (χ0v) is 8.26. The molecular formula is C10H19NO. The molecule has 2 fully saturated rings. The molecule has 2 N–H and O–H groups in total. The second kappa shape index (κ2) is 2.24. The van der Waals surface area contributed by atoms with Crippen LogP contribution in [0.15, 0.2) is 0 Å². The standard InChI is InChI=1S/C10H19NO/c1-7-8(4-5-12-7)10(11)6-9(10,2)3/h7-8H,4-6,11H2,1-3H3. The van der Waals surface area contributed by atoms with Crippen molar-refractivity contribution in [3.8, 4) is 0 Å². The number of ether oxygens (including phenoxy) is 1. The number of hydrogen-bond acceptors (Lipinski definition) is 2. The summed E-state index contributed by atoms with van der Waals surface area (Å²) in [5.41, 5.74) is 6.76. The highest BCUT2D eigenvalue weighted by Crippen LogP contribution is 2.60. The molecule has 0 radical (unpaired) electrons. The van der Waals surface area contributed by atoms with Crippen LogP contribution in [0.25, 0.3) is 0 Å². The van der Waals surface area contributed by atoms with Gasteiger partial charge in [-0.3, -0.25) is 0 Å². The van der Waals surface area contributed by atoms with Gasteiger partial charge < -0.3 is 10.5 Å². The van der Waals surface area contributed by atoms with Gasteiger partial charge >= 0.3 is 0 Å². The summed E-state index contributed by atoms with van der Waals surface area (Å²) in [6, 6.07) is 0. The Morgan fingerprint density at radius 2 is 2.00 bits per heavy atom. The fourth-order valence-electron chi connectivity index (χ4n) is 2.73. The van der Waals surface area contributed by atoms with Crippen molar-refractivity contribution in [2.75, 3.05) is 6.61 Å². The molecule has 1 aliphatic heterocycles. The van der Waals surface area contributed by atoms with E-state index < -0.39 is 0 Å². The molecule has 2 nitrogen and oxygen atoms in total. The maximum Gasteiger partial charge on any atom is 0.0593 e. The highest BCUT2D eigenvalue weighted by Gasteiger charge is 2.64. The molecule has 0 aromatic heterocycles. The predicted octanol–water partition coefficient (Wildman–Crippen LogP) is 1.54. The minimum absolute atomic E-state index is 0.0723. The fourth-order valence-corrected chi connectivity index (χ4v) is 2.73.